The number of fused-ring (bicyclic) bond motifs is 1. The fourth-order valence-electron chi connectivity index (χ4n) is 3.52. The molecule has 3 nitrogen and oxygen atoms in total. The Bertz CT molecular complexity index is 488. The van der Waals surface area contributed by atoms with Crippen molar-refractivity contribution in [3.05, 3.63) is 34.3 Å². The Morgan fingerprint density at radius 2 is 1.90 bits per heavy atom. The highest BCUT2D eigenvalue weighted by molar-refractivity contribution is 9.10. The first-order chi connectivity index (χ1) is 10.2. The van der Waals surface area contributed by atoms with Gasteiger partial charge in [-0.25, -0.2) is 0 Å². The van der Waals surface area contributed by atoms with E-state index in [0.717, 1.165) is 28.8 Å². The number of hydrogen-bond donors (Lipinski definition) is 1. The zero-order chi connectivity index (χ0) is 14.7. The molecule has 1 saturated heterocycles. The van der Waals surface area contributed by atoms with E-state index in [1.807, 2.05) is 24.3 Å². The quantitative estimate of drug-likeness (QED) is 0.841. The Balaban J connectivity index is 1.50. The summed E-state index contributed by atoms with van der Waals surface area (Å²) in [6, 6.07) is 8.30. The summed E-state index contributed by atoms with van der Waals surface area (Å²) in [6.45, 7) is 0.360. The third-order valence-corrected chi connectivity index (χ3v) is 5.26. The van der Waals surface area contributed by atoms with Crippen molar-refractivity contribution >= 4 is 21.9 Å². The molecule has 1 N–H and O–H groups in total. The van der Waals surface area contributed by atoms with Gasteiger partial charge >= 0.3 is 5.97 Å². The van der Waals surface area contributed by atoms with Crippen LogP contribution in [0, 0.1) is 5.92 Å². The molecule has 2 fully saturated rings. The van der Waals surface area contributed by atoms with Gasteiger partial charge in [-0.3, -0.25) is 4.79 Å². The highest BCUT2D eigenvalue weighted by Gasteiger charge is 2.35. The molecule has 3 rings (SSSR count). The van der Waals surface area contributed by atoms with Crippen LogP contribution in [0.25, 0.3) is 0 Å². The zero-order valence-corrected chi connectivity index (χ0v) is 13.8. The average molecular weight is 352 g/mol. The van der Waals surface area contributed by atoms with Crippen molar-refractivity contribution in [2.45, 2.75) is 57.2 Å². The number of ether oxygens (including phenoxy) is 1. The molecule has 0 amide bonds. The fraction of sp³-hybridized carbons (Fsp3) is 0.588. The standard InChI is InChI=1S/C17H22BrNO2/c18-14-8-5-12(6-9-14)11-21-17(20)16-10-7-13-3-1-2-4-15(13)19-16/h5-6,8-9,13,15-16,19H,1-4,7,10-11H2. The molecule has 114 valence electrons. The minimum absolute atomic E-state index is 0.0954. The second-order valence-corrected chi connectivity index (χ2v) is 7.10. The van der Waals surface area contributed by atoms with Crippen molar-refractivity contribution in [1.82, 2.24) is 5.32 Å². The molecule has 1 aromatic carbocycles. The van der Waals surface area contributed by atoms with Crippen LogP contribution in [-0.2, 0) is 16.1 Å². The molecule has 0 aromatic heterocycles. The van der Waals surface area contributed by atoms with Crippen LogP contribution in [0.3, 0.4) is 0 Å². The van der Waals surface area contributed by atoms with Crippen LogP contribution in [0.15, 0.2) is 28.7 Å². The van der Waals surface area contributed by atoms with Gasteiger partial charge in [-0.05, 0) is 49.3 Å². The fourth-order valence-corrected chi connectivity index (χ4v) is 3.78. The van der Waals surface area contributed by atoms with E-state index in [-0.39, 0.29) is 12.0 Å². The lowest BCUT2D eigenvalue weighted by atomic mass is 9.78. The van der Waals surface area contributed by atoms with Crippen molar-refractivity contribution in [3.8, 4) is 0 Å². The summed E-state index contributed by atoms with van der Waals surface area (Å²) in [5, 5.41) is 3.52. The van der Waals surface area contributed by atoms with Gasteiger partial charge in [-0.15, -0.1) is 0 Å². The number of carbonyl (C=O) groups is 1. The van der Waals surface area contributed by atoms with Crippen LogP contribution in [0.2, 0.25) is 0 Å². The van der Waals surface area contributed by atoms with Crippen molar-refractivity contribution in [1.29, 1.82) is 0 Å². The molecular formula is C17H22BrNO2. The molecule has 1 heterocycles. The van der Waals surface area contributed by atoms with E-state index in [0.29, 0.717) is 12.6 Å². The van der Waals surface area contributed by atoms with Gasteiger partial charge < -0.3 is 10.1 Å². The van der Waals surface area contributed by atoms with E-state index in [1.165, 1.54) is 25.7 Å². The van der Waals surface area contributed by atoms with Crippen LogP contribution < -0.4 is 5.32 Å². The Labute approximate surface area is 134 Å². The average Bonchev–Trinajstić information content (AvgIpc) is 2.53. The first-order valence-electron chi connectivity index (χ1n) is 7.89. The van der Waals surface area contributed by atoms with Gasteiger partial charge in [0.15, 0.2) is 0 Å². The summed E-state index contributed by atoms with van der Waals surface area (Å²) in [7, 11) is 0. The maximum absolute atomic E-state index is 12.2. The van der Waals surface area contributed by atoms with Gasteiger partial charge in [0.25, 0.3) is 0 Å². The molecule has 0 bridgehead atoms. The highest BCUT2D eigenvalue weighted by Crippen LogP contribution is 2.32. The number of hydrogen-bond acceptors (Lipinski definition) is 3. The molecule has 1 aliphatic heterocycles. The Morgan fingerprint density at radius 3 is 2.71 bits per heavy atom. The summed E-state index contributed by atoms with van der Waals surface area (Å²) >= 11 is 3.40. The molecule has 1 aliphatic carbocycles. The predicted octanol–water partition coefficient (Wildman–Crippen LogP) is 3.80. The first kappa shape index (κ1) is 15.0. The predicted molar refractivity (Wildman–Crippen MR) is 85.8 cm³/mol. The van der Waals surface area contributed by atoms with E-state index in [9.17, 15) is 4.79 Å². The Morgan fingerprint density at radius 1 is 1.14 bits per heavy atom. The van der Waals surface area contributed by atoms with Gasteiger partial charge in [0.1, 0.15) is 12.6 Å². The zero-order valence-electron chi connectivity index (χ0n) is 12.2. The largest absolute Gasteiger partial charge is 0.460 e. The molecule has 3 atom stereocenters. The van der Waals surface area contributed by atoms with Crippen molar-refractivity contribution in [2.24, 2.45) is 5.92 Å². The van der Waals surface area contributed by atoms with Gasteiger partial charge in [-0.1, -0.05) is 40.9 Å². The van der Waals surface area contributed by atoms with E-state index >= 15 is 0 Å². The van der Waals surface area contributed by atoms with Gasteiger partial charge in [0.2, 0.25) is 0 Å². The van der Waals surface area contributed by atoms with Crippen LogP contribution in [-0.4, -0.2) is 18.1 Å². The van der Waals surface area contributed by atoms with E-state index in [4.69, 9.17) is 4.74 Å². The number of benzene rings is 1. The Hall–Kier alpha value is -0.870. The SMILES string of the molecule is O=C(OCc1ccc(Br)cc1)C1CCC2CCCCC2N1. The molecule has 3 unspecified atom stereocenters. The number of esters is 1. The second kappa shape index (κ2) is 6.93. The Kier molecular flexibility index (Phi) is 4.96. The second-order valence-electron chi connectivity index (χ2n) is 6.18. The number of rotatable bonds is 3. The van der Waals surface area contributed by atoms with Crippen molar-refractivity contribution in [3.63, 3.8) is 0 Å². The topological polar surface area (TPSA) is 38.3 Å². The lowest BCUT2D eigenvalue weighted by Crippen LogP contribution is -2.52. The normalized spacial score (nSPS) is 28.7. The number of piperidine rings is 1. The maximum Gasteiger partial charge on any atom is 0.323 e. The van der Waals surface area contributed by atoms with E-state index in [1.54, 1.807) is 0 Å². The molecule has 2 aliphatic rings. The summed E-state index contributed by atoms with van der Waals surface area (Å²) in [4.78, 5) is 12.2. The van der Waals surface area contributed by atoms with Gasteiger partial charge in [0, 0.05) is 10.5 Å². The molecule has 21 heavy (non-hydrogen) atoms. The van der Waals surface area contributed by atoms with Crippen LogP contribution in [0.1, 0.15) is 44.1 Å². The lowest BCUT2D eigenvalue weighted by molar-refractivity contribution is -0.149. The first-order valence-corrected chi connectivity index (χ1v) is 8.69. The third kappa shape index (κ3) is 3.86. The van der Waals surface area contributed by atoms with E-state index in [2.05, 4.69) is 21.2 Å². The molecule has 1 saturated carbocycles. The minimum Gasteiger partial charge on any atom is -0.460 e. The smallest absolute Gasteiger partial charge is 0.323 e. The number of nitrogens with one attached hydrogen (secondary N) is 1. The monoisotopic (exact) mass is 351 g/mol. The molecule has 1 aromatic rings. The molecule has 4 heteroatoms. The molecular weight excluding hydrogens is 330 g/mol. The molecule has 0 spiro atoms. The summed E-state index contributed by atoms with van der Waals surface area (Å²) in [5.41, 5.74) is 1.03. The summed E-state index contributed by atoms with van der Waals surface area (Å²) < 4.78 is 6.51. The van der Waals surface area contributed by atoms with Crippen molar-refractivity contribution in [2.75, 3.05) is 0 Å². The third-order valence-electron chi connectivity index (χ3n) is 4.73. The van der Waals surface area contributed by atoms with Crippen LogP contribution in [0.4, 0.5) is 0 Å². The number of carbonyl (C=O) groups excluding carboxylic acids is 1. The highest BCUT2D eigenvalue weighted by atomic mass is 79.9. The maximum atomic E-state index is 12.2. The van der Waals surface area contributed by atoms with E-state index < -0.39 is 0 Å². The molecule has 0 radical (unpaired) electrons. The lowest BCUT2D eigenvalue weighted by Gasteiger charge is -2.39. The van der Waals surface area contributed by atoms with Gasteiger partial charge in [-0.2, -0.15) is 0 Å². The van der Waals surface area contributed by atoms with Crippen LogP contribution in [0.5, 0.6) is 0 Å². The van der Waals surface area contributed by atoms with Gasteiger partial charge in [0.05, 0.1) is 0 Å². The number of halogens is 1. The van der Waals surface area contributed by atoms with Crippen LogP contribution >= 0.6 is 15.9 Å². The summed E-state index contributed by atoms with van der Waals surface area (Å²) in [5.74, 6) is 0.677. The minimum atomic E-state index is -0.111. The van der Waals surface area contributed by atoms with Crippen molar-refractivity contribution < 1.29 is 9.53 Å². The summed E-state index contributed by atoms with van der Waals surface area (Å²) in [6.07, 6.45) is 7.24.